The molecule has 1 N–H and O–H groups in total. The van der Waals surface area contributed by atoms with E-state index in [1.54, 1.807) is 0 Å². The molecule has 0 bridgehead atoms. The van der Waals surface area contributed by atoms with Crippen molar-refractivity contribution in [3.63, 3.8) is 0 Å². The van der Waals surface area contributed by atoms with Gasteiger partial charge in [-0.05, 0) is 25.8 Å². The van der Waals surface area contributed by atoms with Crippen molar-refractivity contribution in [2.75, 3.05) is 19.6 Å². The molecule has 1 heterocycles. The maximum absolute atomic E-state index is 12.5. The van der Waals surface area contributed by atoms with Crippen LogP contribution < -0.4 is 5.32 Å². The molecule has 0 spiro atoms. The number of rotatable bonds is 6. The Hall–Kier alpha value is -1.82. The van der Waals surface area contributed by atoms with Crippen LogP contribution in [0.5, 0.6) is 0 Å². The topological polar surface area (TPSA) is 61.8 Å². The summed E-state index contributed by atoms with van der Waals surface area (Å²) in [6.45, 7) is 5.78. The molecular weight excluding hydrogens is 310 g/mol. The van der Waals surface area contributed by atoms with Crippen LogP contribution in [0, 0.1) is 0 Å². The van der Waals surface area contributed by atoms with Gasteiger partial charge in [0.1, 0.15) is 5.25 Å². The third kappa shape index (κ3) is 4.82. The molecule has 0 unspecified atom stereocenters. The first-order valence-electron chi connectivity index (χ1n) is 7.98. The van der Waals surface area contributed by atoms with Crippen molar-refractivity contribution in [1.82, 2.24) is 10.2 Å². The molecule has 6 heteroatoms. The zero-order valence-corrected chi connectivity index (χ0v) is 14.4. The fourth-order valence-electron chi connectivity index (χ4n) is 2.43. The average molecular weight is 333 g/mol. The Morgan fingerprint density at radius 1 is 1.30 bits per heavy atom. The Labute approximate surface area is 141 Å². The predicted molar refractivity (Wildman–Crippen MR) is 94.5 cm³/mol. The SMILES string of the molecule is CCN=C(NCC)S[C@H]1CC(=O)N(CCc2ccccc2)C1=O. The highest BCUT2D eigenvalue weighted by Crippen LogP contribution is 2.26. The number of nitrogens with zero attached hydrogens (tertiary/aromatic N) is 2. The first kappa shape index (κ1) is 17.5. The lowest BCUT2D eigenvalue weighted by atomic mass is 10.1. The molecule has 1 aliphatic heterocycles. The first-order valence-corrected chi connectivity index (χ1v) is 8.86. The Balaban J connectivity index is 1.95. The average Bonchev–Trinajstić information content (AvgIpc) is 2.81. The lowest BCUT2D eigenvalue weighted by molar-refractivity contribution is -0.138. The maximum atomic E-state index is 12.5. The number of hydrogen-bond donors (Lipinski definition) is 1. The second kappa shape index (κ2) is 8.72. The van der Waals surface area contributed by atoms with Crippen LogP contribution >= 0.6 is 11.8 Å². The third-order valence-corrected chi connectivity index (χ3v) is 4.70. The summed E-state index contributed by atoms with van der Waals surface area (Å²) in [5.74, 6) is -0.187. The van der Waals surface area contributed by atoms with Gasteiger partial charge in [0.15, 0.2) is 5.17 Å². The van der Waals surface area contributed by atoms with Gasteiger partial charge in [0, 0.05) is 26.1 Å². The van der Waals surface area contributed by atoms with Crippen molar-refractivity contribution in [2.45, 2.75) is 31.9 Å². The molecule has 5 nitrogen and oxygen atoms in total. The van der Waals surface area contributed by atoms with E-state index in [0.29, 0.717) is 19.5 Å². The molecule has 2 amide bonds. The highest BCUT2D eigenvalue weighted by molar-refractivity contribution is 8.15. The molecule has 1 aliphatic rings. The van der Waals surface area contributed by atoms with Crippen molar-refractivity contribution in [2.24, 2.45) is 4.99 Å². The van der Waals surface area contributed by atoms with Crippen molar-refractivity contribution in [3.8, 4) is 0 Å². The van der Waals surface area contributed by atoms with Gasteiger partial charge in [0.25, 0.3) is 0 Å². The summed E-state index contributed by atoms with van der Waals surface area (Å²) in [6, 6.07) is 9.90. The van der Waals surface area contributed by atoms with Crippen LogP contribution in [0.15, 0.2) is 35.3 Å². The van der Waals surface area contributed by atoms with E-state index in [9.17, 15) is 9.59 Å². The largest absolute Gasteiger partial charge is 0.365 e. The monoisotopic (exact) mass is 333 g/mol. The number of amides is 2. The molecule has 1 fully saturated rings. The highest BCUT2D eigenvalue weighted by Gasteiger charge is 2.39. The number of nitrogens with one attached hydrogen (secondary N) is 1. The van der Waals surface area contributed by atoms with Gasteiger partial charge in [0.2, 0.25) is 11.8 Å². The van der Waals surface area contributed by atoms with Gasteiger partial charge in [-0.1, -0.05) is 42.1 Å². The van der Waals surface area contributed by atoms with E-state index in [0.717, 1.165) is 17.3 Å². The number of amidine groups is 1. The molecule has 1 saturated heterocycles. The minimum atomic E-state index is -0.359. The number of aliphatic imine (C=N–C) groups is 1. The Morgan fingerprint density at radius 3 is 2.70 bits per heavy atom. The summed E-state index contributed by atoms with van der Waals surface area (Å²) < 4.78 is 0. The smallest absolute Gasteiger partial charge is 0.243 e. The molecule has 2 rings (SSSR count). The quantitative estimate of drug-likeness (QED) is 0.492. The van der Waals surface area contributed by atoms with Crippen LogP contribution in [0.2, 0.25) is 0 Å². The molecule has 0 aliphatic carbocycles. The van der Waals surface area contributed by atoms with E-state index in [2.05, 4.69) is 10.3 Å². The normalized spacial score (nSPS) is 18.6. The zero-order chi connectivity index (χ0) is 16.7. The number of carbonyl (C=O) groups is 2. The molecule has 1 aromatic rings. The molecule has 23 heavy (non-hydrogen) atoms. The third-order valence-electron chi connectivity index (χ3n) is 3.55. The molecule has 0 aromatic heterocycles. The molecule has 1 aromatic carbocycles. The Kier molecular flexibility index (Phi) is 6.65. The number of thioether (sulfide) groups is 1. The summed E-state index contributed by atoms with van der Waals surface area (Å²) in [5.41, 5.74) is 1.13. The molecule has 0 saturated carbocycles. The van der Waals surface area contributed by atoms with Gasteiger partial charge in [-0.25, -0.2) is 0 Å². The maximum Gasteiger partial charge on any atom is 0.243 e. The summed E-state index contributed by atoms with van der Waals surface area (Å²) in [5, 5.41) is 3.53. The van der Waals surface area contributed by atoms with Crippen molar-refractivity contribution in [3.05, 3.63) is 35.9 Å². The van der Waals surface area contributed by atoms with E-state index >= 15 is 0 Å². The van der Waals surface area contributed by atoms with Crippen LogP contribution in [0.3, 0.4) is 0 Å². The van der Waals surface area contributed by atoms with Crippen molar-refractivity contribution in [1.29, 1.82) is 0 Å². The van der Waals surface area contributed by atoms with Crippen molar-refractivity contribution >= 4 is 28.7 Å². The van der Waals surface area contributed by atoms with E-state index in [1.807, 2.05) is 44.2 Å². The number of likely N-dealkylation sites (tertiary alicyclic amines) is 1. The van der Waals surface area contributed by atoms with Crippen molar-refractivity contribution < 1.29 is 9.59 Å². The Morgan fingerprint density at radius 2 is 2.04 bits per heavy atom. The van der Waals surface area contributed by atoms with E-state index in [4.69, 9.17) is 0 Å². The van der Waals surface area contributed by atoms with Gasteiger partial charge in [-0.2, -0.15) is 0 Å². The number of carbonyl (C=O) groups excluding carboxylic acids is 2. The minimum absolute atomic E-state index is 0.0872. The number of imide groups is 1. The molecule has 1 atom stereocenters. The standard InChI is InChI=1S/C17H23N3O2S/c1-3-18-17(19-4-2)23-14-12-15(21)20(16(14)22)11-10-13-8-6-5-7-9-13/h5-9,14H,3-4,10-12H2,1-2H3,(H,18,19)/t14-/m0/s1. The van der Waals surface area contributed by atoms with Gasteiger partial charge < -0.3 is 5.32 Å². The summed E-state index contributed by atoms with van der Waals surface area (Å²) >= 11 is 1.37. The van der Waals surface area contributed by atoms with Gasteiger partial charge in [-0.3, -0.25) is 19.5 Å². The van der Waals surface area contributed by atoms with E-state index in [-0.39, 0.29) is 23.5 Å². The fraction of sp³-hybridized carbons (Fsp3) is 0.471. The van der Waals surface area contributed by atoms with Gasteiger partial charge in [0.05, 0.1) is 0 Å². The van der Waals surface area contributed by atoms with Crippen LogP contribution in [0.1, 0.15) is 25.8 Å². The fourth-order valence-corrected chi connectivity index (χ4v) is 3.58. The highest BCUT2D eigenvalue weighted by atomic mass is 32.2. The van der Waals surface area contributed by atoms with Gasteiger partial charge in [-0.15, -0.1) is 0 Å². The molecular formula is C17H23N3O2S. The molecule has 124 valence electrons. The summed E-state index contributed by atoms with van der Waals surface area (Å²) in [6.07, 6.45) is 0.950. The zero-order valence-electron chi connectivity index (χ0n) is 13.6. The van der Waals surface area contributed by atoms with Crippen LogP contribution in [-0.4, -0.2) is 46.8 Å². The molecule has 0 radical (unpaired) electrons. The lowest BCUT2D eigenvalue weighted by Gasteiger charge is -2.15. The van der Waals surface area contributed by atoms with E-state index < -0.39 is 0 Å². The number of benzene rings is 1. The second-order valence-corrected chi connectivity index (χ2v) is 6.43. The number of hydrogen-bond acceptors (Lipinski definition) is 4. The summed E-state index contributed by atoms with van der Waals surface area (Å²) in [7, 11) is 0. The van der Waals surface area contributed by atoms with Crippen LogP contribution in [-0.2, 0) is 16.0 Å². The van der Waals surface area contributed by atoms with Crippen LogP contribution in [0.25, 0.3) is 0 Å². The minimum Gasteiger partial charge on any atom is -0.365 e. The lowest BCUT2D eigenvalue weighted by Crippen LogP contribution is -2.34. The van der Waals surface area contributed by atoms with Crippen LogP contribution in [0.4, 0.5) is 0 Å². The van der Waals surface area contributed by atoms with E-state index in [1.165, 1.54) is 16.7 Å². The summed E-state index contributed by atoms with van der Waals surface area (Å²) in [4.78, 5) is 30.4. The predicted octanol–water partition coefficient (Wildman–Crippen LogP) is 2.08. The first-order chi connectivity index (χ1) is 11.2. The Bertz CT molecular complexity index is 574. The van der Waals surface area contributed by atoms with Gasteiger partial charge >= 0.3 is 0 Å². The second-order valence-electron chi connectivity index (χ2n) is 5.24.